The van der Waals surface area contributed by atoms with Gasteiger partial charge in [-0.2, -0.15) is 0 Å². The highest BCUT2D eigenvalue weighted by Crippen LogP contribution is 2.28. The van der Waals surface area contributed by atoms with E-state index in [9.17, 15) is 0 Å². The van der Waals surface area contributed by atoms with E-state index < -0.39 is 0 Å². The molecule has 0 amide bonds. The number of rotatable bonds is 7. The SMILES string of the molecule is CCCNC(CSc1cccs1)c1ccc(C)c(C)c1. The average Bonchev–Trinajstić information content (AvgIpc) is 2.95. The first-order chi connectivity index (χ1) is 9.70. The lowest BCUT2D eigenvalue weighted by molar-refractivity contribution is 0.577. The van der Waals surface area contributed by atoms with E-state index in [4.69, 9.17) is 0 Å². The van der Waals surface area contributed by atoms with E-state index in [-0.39, 0.29) is 0 Å². The van der Waals surface area contributed by atoms with E-state index >= 15 is 0 Å². The first-order valence-corrected chi connectivity index (χ1v) is 9.04. The molecular weight excluding hydrogens is 282 g/mol. The Hall–Kier alpha value is -0.770. The molecule has 0 saturated heterocycles. The van der Waals surface area contributed by atoms with Crippen LogP contribution < -0.4 is 5.32 Å². The van der Waals surface area contributed by atoms with E-state index in [1.165, 1.54) is 27.3 Å². The Labute approximate surface area is 130 Å². The fourth-order valence-electron chi connectivity index (χ4n) is 2.08. The second-order valence-electron chi connectivity index (χ2n) is 5.09. The Kier molecular flexibility index (Phi) is 6.14. The lowest BCUT2D eigenvalue weighted by atomic mass is 10.0. The van der Waals surface area contributed by atoms with Crippen molar-refractivity contribution in [3.63, 3.8) is 0 Å². The second kappa shape index (κ2) is 7.87. The fraction of sp³-hybridized carbons (Fsp3) is 0.412. The van der Waals surface area contributed by atoms with Crippen LogP contribution in [0.15, 0.2) is 39.9 Å². The number of benzene rings is 1. The van der Waals surface area contributed by atoms with E-state index in [0.717, 1.165) is 12.3 Å². The van der Waals surface area contributed by atoms with Gasteiger partial charge < -0.3 is 5.32 Å². The quantitative estimate of drug-likeness (QED) is 0.706. The zero-order valence-corrected chi connectivity index (χ0v) is 14.1. The highest BCUT2D eigenvalue weighted by atomic mass is 32.2. The Bertz CT molecular complexity index is 520. The Morgan fingerprint density at radius 2 is 2.05 bits per heavy atom. The maximum absolute atomic E-state index is 3.68. The molecule has 0 aliphatic heterocycles. The molecule has 1 unspecified atom stereocenters. The maximum atomic E-state index is 3.68. The van der Waals surface area contributed by atoms with Crippen molar-refractivity contribution < 1.29 is 0 Å². The average molecular weight is 306 g/mol. The minimum Gasteiger partial charge on any atom is -0.309 e. The van der Waals surface area contributed by atoms with Crippen molar-refractivity contribution in [2.45, 2.75) is 37.4 Å². The van der Waals surface area contributed by atoms with Gasteiger partial charge in [-0.1, -0.05) is 31.2 Å². The van der Waals surface area contributed by atoms with Crippen LogP contribution in [-0.4, -0.2) is 12.3 Å². The van der Waals surface area contributed by atoms with Gasteiger partial charge in [-0.15, -0.1) is 23.1 Å². The van der Waals surface area contributed by atoms with Crippen molar-refractivity contribution >= 4 is 23.1 Å². The van der Waals surface area contributed by atoms with Crippen LogP contribution in [0.3, 0.4) is 0 Å². The van der Waals surface area contributed by atoms with Crippen molar-refractivity contribution in [1.29, 1.82) is 0 Å². The topological polar surface area (TPSA) is 12.0 Å². The number of hydrogen-bond acceptors (Lipinski definition) is 3. The summed E-state index contributed by atoms with van der Waals surface area (Å²) in [6, 6.07) is 11.6. The predicted molar refractivity (Wildman–Crippen MR) is 92.0 cm³/mol. The van der Waals surface area contributed by atoms with Gasteiger partial charge in [-0.05, 0) is 54.9 Å². The van der Waals surface area contributed by atoms with Gasteiger partial charge in [-0.3, -0.25) is 0 Å². The van der Waals surface area contributed by atoms with Crippen LogP contribution in [0, 0.1) is 13.8 Å². The van der Waals surface area contributed by atoms with Crippen molar-refractivity contribution in [3.05, 3.63) is 52.4 Å². The minimum absolute atomic E-state index is 0.432. The van der Waals surface area contributed by atoms with E-state index in [1.807, 2.05) is 23.1 Å². The van der Waals surface area contributed by atoms with Crippen molar-refractivity contribution in [1.82, 2.24) is 5.32 Å². The van der Waals surface area contributed by atoms with Gasteiger partial charge in [0, 0.05) is 11.8 Å². The zero-order chi connectivity index (χ0) is 14.4. The molecule has 0 aliphatic rings. The molecule has 108 valence electrons. The van der Waals surface area contributed by atoms with Crippen LogP contribution in [0.25, 0.3) is 0 Å². The van der Waals surface area contributed by atoms with Crippen LogP contribution in [-0.2, 0) is 0 Å². The van der Waals surface area contributed by atoms with Crippen molar-refractivity contribution in [2.75, 3.05) is 12.3 Å². The summed E-state index contributed by atoms with van der Waals surface area (Å²) in [7, 11) is 0. The van der Waals surface area contributed by atoms with Gasteiger partial charge in [-0.25, -0.2) is 0 Å². The van der Waals surface area contributed by atoms with Crippen LogP contribution in [0.4, 0.5) is 0 Å². The molecule has 0 radical (unpaired) electrons. The van der Waals surface area contributed by atoms with Crippen LogP contribution >= 0.6 is 23.1 Å². The summed E-state index contributed by atoms with van der Waals surface area (Å²) in [5, 5.41) is 5.82. The third-order valence-electron chi connectivity index (χ3n) is 3.46. The number of thiophene rings is 1. The second-order valence-corrected chi connectivity index (χ2v) is 7.36. The molecule has 1 nitrogen and oxygen atoms in total. The molecule has 1 aromatic heterocycles. The Balaban J connectivity index is 2.07. The lowest BCUT2D eigenvalue weighted by Crippen LogP contribution is -2.24. The zero-order valence-electron chi connectivity index (χ0n) is 12.5. The predicted octanol–water partition coefficient (Wildman–Crippen LogP) is 5.20. The molecular formula is C17H23NS2. The molecule has 1 heterocycles. The van der Waals surface area contributed by atoms with Crippen LogP contribution in [0.2, 0.25) is 0 Å². The lowest BCUT2D eigenvalue weighted by Gasteiger charge is -2.19. The highest BCUT2D eigenvalue weighted by Gasteiger charge is 2.12. The molecule has 0 bridgehead atoms. The molecule has 2 aromatic rings. The summed E-state index contributed by atoms with van der Waals surface area (Å²) < 4.78 is 1.40. The van der Waals surface area contributed by atoms with Crippen molar-refractivity contribution in [2.24, 2.45) is 0 Å². The molecule has 1 aromatic carbocycles. The van der Waals surface area contributed by atoms with Gasteiger partial charge in [0.2, 0.25) is 0 Å². The van der Waals surface area contributed by atoms with Gasteiger partial charge in [0.25, 0.3) is 0 Å². The van der Waals surface area contributed by atoms with Gasteiger partial charge in [0.1, 0.15) is 0 Å². The van der Waals surface area contributed by atoms with Crippen molar-refractivity contribution in [3.8, 4) is 0 Å². The number of thioether (sulfide) groups is 1. The number of nitrogens with one attached hydrogen (secondary N) is 1. The van der Waals surface area contributed by atoms with E-state index in [0.29, 0.717) is 6.04 Å². The minimum atomic E-state index is 0.432. The third-order valence-corrected chi connectivity index (χ3v) is 5.69. The molecule has 3 heteroatoms. The molecule has 1 N–H and O–H groups in total. The maximum Gasteiger partial charge on any atom is 0.0599 e. The molecule has 2 rings (SSSR count). The number of hydrogen-bond donors (Lipinski definition) is 1. The summed E-state index contributed by atoms with van der Waals surface area (Å²) in [4.78, 5) is 0. The Morgan fingerprint density at radius 3 is 2.70 bits per heavy atom. The summed E-state index contributed by atoms with van der Waals surface area (Å²) in [5.74, 6) is 1.09. The molecule has 0 aliphatic carbocycles. The monoisotopic (exact) mass is 305 g/mol. The molecule has 0 saturated carbocycles. The van der Waals surface area contributed by atoms with Crippen LogP contribution in [0.5, 0.6) is 0 Å². The third kappa shape index (κ3) is 4.37. The first kappa shape index (κ1) is 15.6. The van der Waals surface area contributed by atoms with Crippen LogP contribution in [0.1, 0.15) is 36.1 Å². The fourth-order valence-corrected chi connectivity index (χ4v) is 3.99. The molecule has 0 fully saturated rings. The largest absolute Gasteiger partial charge is 0.309 e. The molecule has 1 atom stereocenters. The normalized spacial score (nSPS) is 12.6. The van der Waals surface area contributed by atoms with E-state index in [2.05, 4.69) is 61.8 Å². The summed E-state index contributed by atoms with van der Waals surface area (Å²) in [5.41, 5.74) is 4.16. The van der Waals surface area contributed by atoms with Gasteiger partial charge >= 0.3 is 0 Å². The standard InChI is InChI=1S/C17H23NS2/c1-4-9-18-16(12-20-17-6-5-10-19-17)15-8-7-13(2)14(3)11-15/h5-8,10-11,16,18H,4,9,12H2,1-3H3. The Morgan fingerprint density at radius 1 is 1.20 bits per heavy atom. The smallest absolute Gasteiger partial charge is 0.0599 e. The summed E-state index contributed by atoms with van der Waals surface area (Å²) >= 11 is 3.77. The van der Waals surface area contributed by atoms with Gasteiger partial charge in [0.05, 0.1) is 4.21 Å². The molecule has 20 heavy (non-hydrogen) atoms. The summed E-state index contributed by atoms with van der Waals surface area (Å²) in [6.07, 6.45) is 1.17. The first-order valence-electron chi connectivity index (χ1n) is 7.17. The van der Waals surface area contributed by atoms with Gasteiger partial charge in [0.15, 0.2) is 0 Å². The van der Waals surface area contributed by atoms with E-state index in [1.54, 1.807) is 0 Å². The number of aryl methyl sites for hydroxylation is 2. The molecule has 0 spiro atoms. The highest BCUT2D eigenvalue weighted by molar-refractivity contribution is 8.01. The summed E-state index contributed by atoms with van der Waals surface area (Å²) in [6.45, 7) is 7.66.